The third-order valence-corrected chi connectivity index (χ3v) is 3.76. The Morgan fingerprint density at radius 3 is 2.79 bits per heavy atom. The molecule has 0 saturated carbocycles. The van der Waals surface area contributed by atoms with E-state index in [-0.39, 0.29) is 23.2 Å². The molecule has 1 aliphatic rings. The Bertz CT molecular complexity index is 756. The summed E-state index contributed by atoms with van der Waals surface area (Å²) in [4.78, 5) is 25.3. The van der Waals surface area contributed by atoms with Crippen LogP contribution in [0.2, 0.25) is 0 Å². The Kier molecular flexibility index (Phi) is 4.94. The number of rotatable bonds is 5. The molecule has 0 aliphatic carbocycles. The Morgan fingerprint density at radius 2 is 2.29 bits per heavy atom. The van der Waals surface area contributed by atoms with Gasteiger partial charge in [0.2, 0.25) is 5.91 Å². The lowest BCUT2D eigenvalue weighted by Gasteiger charge is -2.16. The molecule has 2 amide bonds. The number of hydrogen-bond donors (Lipinski definition) is 2. The first-order valence-electron chi connectivity index (χ1n) is 7.20. The fourth-order valence-corrected chi connectivity index (χ4v) is 2.77. The van der Waals surface area contributed by atoms with Gasteiger partial charge in [-0.25, -0.2) is 4.68 Å². The van der Waals surface area contributed by atoms with E-state index >= 15 is 0 Å². The largest absolute Gasteiger partial charge is 0.503 e. The molecule has 3 N–H and O–H groups in total. The molecule has 126 valence electrons. The Balaban J connectivity index is 2.48. The number of anilines is 1. The topological polar surface area (TPSA) is 102 Å². The molecule has 1 aromatic rings. The molecule has 8 heteroatoms. The molecule has 24 heavy (non-hydrogen) atoms. The van der Waals surface area contributed by atoms with Gasteiger partial charge in [0.15, 0.2) is 0 Å². The molecular formula is C16H19N5O3. The van der Waals surface area contributed by atoms with Crippen molar-refractivity contribution < 1.29 is 14.3 Å². The zero-order valence-corrected chi connectivity index (χ0v) is 13.6. The Labute approximate surface area is 139 Å². The van der Waals surface area contributed by atoms with E-state index in [1.54, 1.807) is 16.6 Å². The predicted molar refractivity (Wildman–Crippen MR) is 88.9 cm³/mol. The highest BCUT2D eigenvalue weighted by Gasteiger charge is 2.34. The number of methoxy groups -OCH3 is 1. The van der Waals surface area contributed by atoms with Crippen molar-refractivity contribution in [1.29, 1.82) is 0 Å². The van der Waals surface area contributed by atoms with Crippen LogP contribution < -0.4 is 11.1 Å². The molecule has 1 aromatic heterocycles. The molecule has 0 bridgehead atoms. The smallest absolute Gasteiger partial charge is 0.255 e. The van der Waals surface area contributed by atoms with Crippen molar-refractivity contribution in [1.82, 2.24) is 14.7 Å². The van der Waals surface area contributed by atoms with Crippen LogP contribution in [0.5, 0.6) is 0 Å². The van der Waals surface area contributed by atoms with Gasteiger partial charge in [0.1, 0.15) is 23.3 Å². The third kappa shape index (κ3) is 2.84. The van der Waals surface area contributed by atoms with Crippen LogP contribution in [0.4, 0.5) is 5.82 Å². The van der Waals surface area contributed by atoms with Crippen LogP contribution in [0.1, 0.15) is 28.5 Å². The predicted octanol–water partition coefficient (Wildman–Crippen LogP) is 0.452. The molecule has 8 nitrogen and oxygen atoms in total. The van der Waals surface area contributed by atoms with Crippen LogP contribution in [-0.2, 0) is 9.53 Å². The number of carbonyl (C=O) groups excluding carboxylic acids is 2. The van der Waals surface area contributed by atoms with E-state index in [0.29, 0.717) is 24.5 Å². The van der Waals surface area contributed by atoms with Gasteiger partial charge in [0.25, 0.3) is 5.91 Å². The SMILES string of the molecule is C#Cc1nn(C2C/C(=C\OC)N(C(=O)C=C)C2)c(NC)c1C(N)=O. The van der Waals surface area contributed by atoms with Gasteiger partial charge in [-0.1, -0.05) is 6.58 Å². The van der Waals surface area contributed by atoms with Gasteiger partial charge in [-0.15, -0.1) is 6.42 Å². The molecule has 1 saturated heterocycles. The summed E-state index contributed by atoms with van der Waals surface area (Å²) in [7, 11) is 3.15. The number of nitrogens with one attached hydrogen (secondary N) is 1. The molecule has 0 radical (unpaired) electrons. The third-order valence-electron chi connectivity index (χ3n) is 3.76. The second-order valence-corrected chi connectivity index (χ2v) is 5.13. The number of terminal acetylenes is 1. The van der Waals surface area contributed by atoms with Crippen molar-refractivity contribution in [2.75, 3.05) is 26.0 Å². The summed E-state index contributed by atoms with van der Waals surface area (Å²) in [5.74, 6) is 1.88. The number of hydrogen-bond acceptors (Lipinski definition) is 5. The standard InChI is InChI=1S/C16H19N5O3/c1-5-12-14(15(17)23)16(18-3)21(19-12)10-7-11(9-24-4)20(8-10)13(22)6-2/h1,6,9-10,18H,2,7-8H2,3-4H3,(H2,17,23)/b11-9+. The zero-order chi connectivity index (χ0) is 17.9. The van der Waals surface area contributed by atoms with E-state index in [1.165, 1.54) is 19.4 Å². The summed E-state index contributed by atoms with van der Waals surface area (Å²) >= 11 is 0. The lowest BCUT2D eigenvalue weighted by Crippen LogP contribution is -2.27. The van der Waals surface area contributed by atoms with Gasteiger partial charge >= 0.3 is 0 Å². The van der Waals surface area contributed by atoms with E-state index in [1.807, 2.05) is 0 Å². The number of amides is 2. The summed E-state index contributed by atoms with van der Waals surface area (Å²) in [6.07, 6.45) is 8.64. The van der Waals surface area contributed by atoms with Crippen LogP contribution in [-0.4, -0.2) is 47.2 Å². The highest BCUT2D eigenvalue weighted by Crippen LogP contribution is 2.34. The average Bonchev–Trinajstić information content (AvgIpc) is 3.15. The van der Waals surface area contributed by atoms with E-state index in [9.17, 15) is 9.59 Å². The first-order chi connectivity index (χ1) is 11.5. The zero-order valence-electron chi connectivity index (χ0n) is 13.6. The van der Waals surface area contributed by atoms with E-state index < -0.39 is 5.91 Å². The number of likely N-dealkylation sites (tertiary alicyclic amines) is 1. The molecule has 2 rings (SSSR count). The second kappa shape index (κ2) is 6.91. The first kappa shape index (κ1) is 17.1. The molecule has 1 unspecified atom stereocenters. The fraction of sp³-hybridized carbons (Fsp3) is 0.312. The van der Waals surface area contributed by atoms with Crippen molar-refractivity contribution in [3.8, 4) is 12.3 Å². The van der Waals surface area contributed by atoms with Crippen LogP contribution in [0.15, 0.2) is 24.6 Å². The molecule has 1 atom stereocenters. The van der Waals surface area contributed by atoms with E-state index in [0.717, 1.165) is 0 Å². The highest BCUT2D eigenvalue weighted by molar-refractivity contribution is 6.00. The molecule has 0 aromatic carbocycles. The normalized spacial score (nSPS) is 18.3. The Hall–Kier alpha value is -3.21. The minimum absolute atomic E-state index is 0.158. The summed E-state index contributed by atoms with van der Waals surface area (Å²) < 4.78 is 6.63. The summed E-state index contributed by atoms with van der Waals surface area (Å²) in [5, 5.41) is 7.21. The molecule has 0 spiro atoms. The van der Waals surface area contributed by atoms with Gasteiger partial charge in [0, 0.05) is 20.0 Å². The number of aromatic nitrogens is 2. The first-order valence-corrected chi connectivity index (χ1v) is 7.20. The second-order valence-electron chi connectivity index (χ2n) is 5.13. The quantitative estimate of drug-likeness (QED) is 0.464. The van der Waals surface area contributed by atoms with Crippen LogP contribution in [0, 0.1) is 12.3 Å². The number of carbonyl (C=O) groups is 2. The summed E-state index contributed by atoms with van der Waals surface area (Å²) in [5.41, 5.74) is 6.42. The number of ether oxygens (including phenoxy) is 1. The van der Waals surface area contributed by atoms with Gasteiger partial charge < -0.3 is 20.7 Å². The lowest BCUT2D eigenvalue weighted by molar-refractivity contribution is -0.123. The van der Waals surface area contributed by atoms with Crippen molar-refractivity contribution in [3.05, 3.63) is 35.9 Å². The average molecular weight is 329 g/mol. The van der Waals surface area contributed by atoms with Crippen molar-refractivity contribution >= 4 is 17.6 Å². The molecular weight excluding hydrogens is 310 g/mol. The van der Waals surface area contributed by atoms with Crippen LogP contribution >= 0.6 is 0 Å². The highest BCUT2D eigenvalue weighted by atomic mass is 16.5. The summed E-state index contributed by atoms with van der Waals surface area (Å²) in [6, 6.07) is -0.224. The minimum Gasteiger partial charge on any atom is -0.503 e. The molecule has 1 aliphatic heterocycles. The van der Waals surface area contributed by atoms with E-state index in [2.05, 4.69) is 22.9 Å². The maximum absolute atomic E-state index is 12.0. The molecule has 1 fully saturated rings. The lowest BCUT2D eigenvalue weighted by atomic mass is 10.2. The Morgan fingerprint density at radius 1 is 1.58 bits per heavy atom. The van der Waals surface area contributed by atoms with Crippen LogP contribution in [0.3, 0.4) is 0 Å². The van der Waals surface area contributed by atoms with Crippen molar-refractivity contribution in [2.24, 2.45) is 5.73 Å². The fourth-order valence-electron chi connectivity index (χ4n) is 2.77. The molecule has 2 heterocycles. The number of nitrogens with zero attached hydrogens (tertiary/aromatic N) is 3. The maximum Gasteiger partial charge on any atom is 0.255 e. The van der Waals surface area contributed by atoms with Crippen molar-refractivity contribution in [3.63, 3.8) is 0 Å². The number of nitrogens with two attached hydrogens (primary N) is 1. The maximum atomic E-state index is 12.0. The van der Waals surface area contributed by atoms with Crippen molar-refractivity contribution in [2.45, 2.75) is 12.5 Å². The monoisotopic (exact) mass is 329 g/mol. The minimum atomic E-state index is -0.664. The van der Waals surface area contributed by atoms with Crippen LogP contribution in [0.25, 0.3) is 0 Å². The van der Waals surface area contributed by atoms with Gasteiger partial charge in [0.05, 0.1) is 18.8 Å². The number of allylic oxidation sites excluding steroid dienone is 1. The number of primary amides is 1. The van der Waals surface area contributed by atoms with Gasteiger partial charge in [-0.05, 0) is 12.0 Å². The van der Waals surface area contributed by atoms with Gasteiger partial charge in [-0.3, -0.25) is 9.59 Å². The van der Waals surface area contributed by atoms with E-state index in [4.69, 9.17) is 16.9 Å². The van der Waals surface area contributed by atoms with Gasteiger partial charge in [-0.2, -0.15) is 5.10 Å². The summed E-state index contributed by atoms with van der Waals surface area (Å²) in [6.45, 7) is 3.85.